The fourth-order valence-electron chi connectivity index (χ4n) is 2.11. The molecule has 1 amide bonds. The van der Waals surface area contributed by atoms with Crippen molar-refractivity contribution in [3.8, 4) is 0 Å². The van der Waals surface area contributed by atoms with E-state index < -0.39 is 0 Å². The van der Waals surface area contributed by atoms with E-state index in [-0.39, 0.29) is 5.91 Å². The highest BCUT2D eigenvalue weighted by atomic mass is 79.9. The molecule has 0 unspecified atom stereocenters. The summed E-state index contributed by atoms with van der Waals surface area (Å²) in [5.41, 5.74) is 0.843. The first-order chi connectivity index (χ1) is 10.1. The second-order valence-corrected chi connectivity index (χ2v) is 6.81. The highest BCUT2D eigenvalue weighted by Crippen LogP contribution is 2.39. The van der Waals surface area contributed by atoms with Crippen molar-refractivity contribution in [3.63, 3.8) is 0 Å². The third-order valence-corrected chi connectivity index (χ3v) is 5.90. The largest absolute Gasteiger partial charge is 0.311 e. The van der Waals surface area contributed by atoms with Crippen molar-refractivity contribution < 1.29 is 4.79 Å². The van der Waals surface area contributed by atoms with Gasteiger partial charge in [0.25, 0.3) is 5.91 Å². The Morgan fingerprint density at radius 1 is 1.14 bits per heavy atom. The van der Waals surface area contributed by atoms with Gasteiger partial charge in [0.15, 0.2) is 0 Å². The Kier molecular flexibility index (Phi) is 4.02. The minimum atomic E-state index is -0.0979. The van der Waals surface area contributed by atoms with Crippen molar-refractivity contribution >= 4 is 60.5 Å². The molecule has 2 nitrogen and oxygen atoms in total. The molecule has 106 valence electrons. The molecule has 3 rings (SSSR count). The van der Waals surface area contributed by atoms with Crippen LogP contribution in [0.5, 0.6) is 0 Å². The third-order valence-electron chi connectivity index (χ3n) is 3.25. The summed E-state index contributed by atoms with van der Waals surface area (Å²) >= 11 is 11.3. The lowest BCUT2D eigenvalue weighted by atomic mass is 10.2. The zero-order valence-electron chi connectivity index (χ0n) is 11.1. The molecule has 0 spiro atoms. The van der Waals surface area contributed by atoms with E-state index in [2.05, 4.69) is 15.9 Å². The molecule has 0 fully saturated rings. The van der Waals surface area contributed by atoms with Crippen molar-refractivity contribution in [2.24, 2.45) is 0 Å². The minimum Gasteiger partial charge on any atom is -0.311 e. The molecule has 21 heavy (non-hydrogen) atoms. The van der Waals surface area contributed by atoms with Gasteiger partial charge < -0.3 is 4.90 Å². The Balaban J connectivity index is 2.06. The number of carbonyl (C=O) groups excluding carboxylic acids is 1. The summed E-state index contributed by atoms with van der Waals surface area (Å²) in [6.07, 6.45) is 0. The number of thiophene rings is 1. The monoisotopic (exact) mass is 379 g/mol. The molecule has 0 aliphatic rings. The highest BCUT2D eigenvalue weighted by Gasteiger charge is 2.21. The lowest BCUT2D eigenvalue weighted by Crippen LogP contribution is -2.25. The molecule has 1 heterocycles. The maximum atomic E-state index is 12.7. The molecule has 0 N–H and O–H groups in total. The van der Waals surface area contributed by atoms with Gasteiger partial charge in [-0.2, -0.15) is 0 Å². The second kappa shape index (κ2) is 5.79. The zero-order chi connectivity index (χ0) is 15.0. The molecule has 0 aliphatic heterocycles. The summed E-state index contributed by atoms with van der Waals surface area (Å²) in [5.74, 6) is -0.0979. The zero-order valence-corrected chi connectivity index (χ0v) is 14.3. The molecular weight excluding hydrogens is 370 g/mol. The van der Waals surface area contributed by atoms with Crippen LogP contribution in [0.1, 0.15) is 9.67 Å². The average molecular weight is 381 g/mol. The van der Waals surface area contributed by atoms with Gasteiger partial charge in [0.2, 0.25) is 0 Å². The van der Waals surface area contributed by atoms with Gasteiger partial charge in [0.1, 0.15) is 4.88 Å². The fourth-order valence-corrected chi connectivity index (χ4v) is 4.21. The van der Waals surface area contributed by atoms with Crippen LogP contribution < -0.4 is 4.90 Å². The molecule has 5 heteroatoms. The molecule has 0 bridgehead atoms. The number of hydrogen-bond donors (Lipinski definition) is 0. The van der Waals surface area contributed by atoms with Crippen LogP contribution in [0, 0.1) is 0 Å². The van der Waals surface area contributed by atoms with Gasteiger partial charge in [-0.25, -0.2) is 0 Å². The van der Waals surface area contributed by atoms with Gasteiger partial charge in [0.05, 0.1) is 9.72 Å². The number of carbonyl (C=O) groups is 1. The number of fused-ring (bicyclic) bond motifs is 1. The first kappa shape index (κ1) is 14.6. The summed E-state index contributed by atoms with van der Waals surface area (Å²) in [5, 5.41) is 1.42. The average Bonchev–Trinajstić information content (AvgIpc) is 2.85. The molecular formula is C16H11BrClNOS. The van der Waals surface area contributed by atoms with Crippen molar-refractivity contribution in [1.29, 1.82) is 0 Å². The topological polar surface area (TPSA) is 20.3 Å². The number of amides is 1. The van der Waals surface area contributed by atoms with Gasteiger partial charge >= 0.3 is 0 Å². The van der Waals surface area contributed by atoms with E-state index in [9.17, 15) is 4.79 Å². The number of para-hydroxylation sites is 1. The van der Waals surface area contributed by atoms with E-state index in [1.54, 1.807) is 11.9 Å². The number of halogens is 2. The summed E-state index contributed by atoms with van der Waals surface area (Å²) in [7, 11) is 1.76. The van der Waals surface area contributed by atoms with Gasteiger partial charge in [0, 0.05) is 22.6 Å². The first-order valence-electron chi connectivity index (χ1n) is 6.29. The lowest BCUT2D eigenvalue weighted by Gasteiger charge is -2.16. The van der Waals surface area contributed by atoms with Crippen molar-refractivity contribution in [3.05, 3.63) is 62.9 Å². The number of rotatable bonds is 2. The van der Waals surface area contributed by atoms with Crippen LogP contribution in [0.15, 0.2) is 53.0 Å². The van der Waals surface area contributed by atoms with E-state index >= 15 is 0 Å². The Morgan fingerprint density at radius 3 is 2.52 bits per heavy atom. The van der Waals surface area contributed by atoms with E-state index in [4.69, 9.17) is 11.6 Å². The van der Waals surface area contributed by atoms with Crippen LogP contribution in [0.4, 0.5) is 5.69 Å². The molecule has 0 saturated carbocycles. The first-order valence-corrected chi connectivity index (χ1v) is 8.28. The predicted octanol–water partition coefficient (Wildman–Crippen LogP) is 5.59. The van der Waals surface area contributed by atoms with E-state index in [1.807, 2.05) is 48.5 Å². The Bertz CT molecular complexity index is 816. The summed E-state index contributed by atoms with van der Waals surface area (Å²) in [6, 6.07) is 15.3. The van der Waals surface area contributed by atoms with Gasteiger partial charge in [-0.05, 0) is 34.1 Å². The summed E-state index contributed by atoms with van der Waals surface area (Å²) < 4.78 is 1.95. The van der Waals surface area contributed by atoms with Crippen LogP contribution in [0.2, 0.25) is 5.02 Å². The molecule has 0 aliphatic carbocycles. The van der Waals surface area contributed by atoms with Crippen molar-refractivity contribution in [1.82, 2.24) is 0 Å². The number of anilines is 1. The van der Waals surface area contributed by atoms with E-state index in [1.165, 1.54) is 11.3 Å². The highest BCUT2D eigenvalue weighted by molar-refractivity contribution is 9.10. The molecule has 3 aromatic rings. The van der Waals surface area contributed by atoms with Crippen LogP contribution in [0.25, 0.3) is 10.1 Å². The summed E-state index contributed by atoms with van der Waals surface area (Å²) in [6.45, 7) is 0. The molecule has 0 atom stereocenters. The smallest absolute Gasteiger partial charge is 0.269 e. The fraction of sp³-hybridized carbons (Fsp3) is 0.0625. The molecule has 0 saturated heterocycles. The number of hydrogen-bond acceptors (Lipinski definition) is 2. The van der Waals surface area contributed by atoms with Gasteiger partial charge in [-0.15, -0.1) is 11.3 Å². The maximum Gasteiger partial charge on any atom is 0.269 e. The molecule has 0 radical (unpaired) electrons. The number of nitrogens with zero attached hydrogens (tertiary/aromatic N) is 1. The Hall–Kier alpha value is -1.36. The van der Waals surface area contributed by atoms with Gasteiger partial charge in [-0.3, -0.25) is 4.79 Å². The van der Waals surface area contributed by atoms with Gasteiger partial charge in [-0.1, -0.05) is 41.9 Å². The lowest BCUT2D eigenvalue weighted by molar-refractivity contribution is 0.0997. The Morgan fingerprint density at radius 2 is 1.86 bits per heavy atom. The van der Waals surface area contributed by atoms with Crippen molar-refractivity contribution in [2.45, 2.75) is 0 Å². The van der Waals surface area contributed by atoms with Crippen LogP contribution in [-0.2, 0) is 0 Å². The standard InChI is InChI=1S/C16H11BrClNOS/c1-19(10-6-3-2-4-7-10)16(20)15-13(18)11-8-5-9-12(17)14(11)21-15/h2-9H,1H3. The van der Waals surface area contributed by atoms with Crippen LogP contribution in [0.3, 0.4) is 0 Å². The van der Waals surface area contributed by atoms with Crippen molar-refractivity contribution in [2.75, 3.05) is 11.9 Å². The second-order valence-electron chi connectivity index (χ2n) is 4.56. The number of benzene rings is 2. The normalized spacial score (nSPS) is 10.8. The van der Waals surface area contributed by atoms with Crippen LogP contribution >= 0.6 is 38.9 Å². The third kappa shape index (κ3) is 2.59. The minimum absolute atomic E-state index is 0.0979. The molecule has 2 aromatic carbocycles. The summed E-state index contributed by atoms with van der Waals surface area (Å²) in [4.78, 5) is 14.9. The quantitative estimate of drug-likeness (QED) is 0.567. The van der Waals surface area contributed by atoms with E-state index in [0.29, 0.717) is 9.90 Å². The SMILES string of the molecule is CN(C(=O)c1sc2c(Br)cccc2c1Cl)c1ccccc1. The Labute approximate surface area is 140 Å². The predicted molar refractivity (Wildman–Crippen MR) is 93.7 cm³/mol. The van der Waals surface area contributed by atoms with Crippen LogP contribution in [-0.4, -0.2) is 13.0 Å². The maximum absolute atomic E-state index is 12.7. The molecule has 1 aromatic heterocycles. The van der Waals surface area contributed by atoms with E-state index in [0.717, 1.165) is 20.2 Å².